The number of sulfonamides is 2. The van der Waals surface area contributed by atoms with Crippen molar-refractivity contribution in [2.45, 2.75) is 35.9 Å². The molecule has 0 atom stereocenters. The van der Waals surface area contributed by atoms with Crippen molar-refractivity contribution in [1.82, 2.24) is 19.2 Å². The standard InChI is InChI=1S/C17H28N4O5S3/c1-28(23,24)21-10-4-14(5-11-21)13-18-17(22)20-8-6-15(7-9-20)19-29(25,26)16-3-2-12-27-16/h2-3,12,14-15,19H,4-11,13H2,1H3,(H,18,22). The van der Waals surface area contributed by atoms with Gasteiger partial charge in [0.05, 0.1) is 6.26 Å². The summed E-state index contributed by atoms with van der Waals surface area (Å²) in [6.07, 6.45) is 3.84. The fourth-order valence-corrected chi connectivity index (χ4v) is 6.87. The molecule has 29 heavy (non-hydrogen) atoms. The number of hydrogen-bond acceptors (Lipinski definition) is 6. The molecule has 2 aliphatic heterocycles. The highest BCUT2D eigenvalue weighted by Gasteiger charge is 2.28. The molecule has 2 aliphatic rings. The molecule has 0 aliphatic carbocycles. The number of likely N-dealkylation sites (tertiary alicyclic amines) is 1. The van der Waals surface area contributed by atoms with Crippen molar-refractivity contribution in [3.63, 3.8) is 0 Å². The molecule has 0 unspecified atom stereocenters. The molecule has 0 saturated carbocycles. The predicted octanol–water partition coefficient (Wildman–Crippen LogP) is 0.872. The van der Waals surface area contributed by atoms with Crippen molar-refractivity contribution < 1.29 is 21.6 Å². The number of nitrogens with one attached hydrogen (secondary N) is 2. The summed E-state index contributed by atoms with van der Waals surface area (Å²) >= 11 is 1.18. The van der Waals surface area contributed by atoms with Gasteiger partial charge in [-0.15, -0.1) is 11.3 Å². The Morgan fingerprint density at radius 1 is 1.10 bits per heavy atom. The second kappa shape index (κ2) is 9.29. The molecule has 0 radical (unpaired) electrons. The van der Waals surface area contributed by atoms with Crippen LogP contribution in [0.15, 0.2) is 21.7 Å². The number of hydrogen-bond donors (Lipinski definition) is 2. The summed E-state index contributed by atoms with van der Waals surface area (Å²) in [5.41, 5.74) is 0. The number of amides is 2. The molecule has 9 nitrogen and oxygen atoms in total. The zero-order valence-corrected chi connectivity index (χ0v) is 18.9. The Morgan fingerprint density at radius 3 is 2.31 bits per heavy atom. The maximum Gasteiger partial charge on any atom is 0.317 e. The van der Waals surface area contributed by atoms with Gasteiger partial charge in [0.2, 0.25) is 20.0 Å². The average molecular weight is 465 g/mol. The number of piperidine rings is 2. The number of urea groups is 1. The van der Waals surface area contributed by atoms with Gasteiger partial charge in [-0.3, -0.25) is 0 Å². The molecular weight excluding hydrogens is 436 g/mol. The van der Waals surface area contributed by atoms with Crippen molar-refractivity contribution in [3.05, 3.63) is 17.5 Å². The Bertz CT molecular complexity index is 886. The van der Waals surface area contributed by atoms with Gasteiger partial charge >= 0.3 is 6.03 Å². The van der Waals surface area contributed by atoms with E-state index in [4.69, 9.17) is 0 Å². The zero-order valence-electron chi connectivity index (χ0n) is 16.4. The second-order valence-electron chi connectivity index (χ2n) is 7.61. The molecule has 2 N–H and O–H groups in total. The van der Waals surface area contributed by atoms with E-state index in [1.165, 1.54) is 21.9 Å². The van der Waals surface area contributed by atoms with E-state index in [0.717, 1.165) is 12.8 Å². The van der Waals surface area contributed by atoms with E-state index in [2.05, 4.69) is 10.0 Å². The lowest BCUT2D eigenvalue weighted by Crippen LogP contribution is -2.50. The number of carbonyl (C=O) groups is 1. The molecular formula is C17H28N4O5S3. The van der Waals surface area contributed by atoms with Gasteiger partial charge < -0.3 is 10.2 Å². The lowest BCUT2D eigenvalue weighted by Gasteiger charge is -2.33. The molecule has 2 saturated heterocycles. The minimum Gasteiger partial charge on any atom is -0.338 e. The topological polar surface area (TPSA) is 116 Å². The van der Waals surface area contributed by atoms with Crippen LogP contribution in [0.2, 0.25) is 0 Å². The third-order valence-corrected chi connectivity index (χ3v) is 9.67. The van der Waals surface area contributed by atoms with E-state index >= 15 is 0 Å². The van der Waals surface area contributed by atoms with E-state index in [9.17, 15) is 21.6 Å². The molecule has 0 aromatic carbocycles. The Hall–Kier alpha value is -1.21. The van der Waals surface area contributed by atoms with Crippen molar-refractivity contribution in [1.29, 1.82) is 0 Å². The van der Waals surface area contributed by atoms with Crippen molar-refractivity contribution in [2.75, 3.05) is 39.0 Å². The molecule has 2 amide bonds. The van der Waals surface area contributed by atoms with Gasteiger partial charge in [0, 0.05) is 38.8 Å². The minimum atomic E-state index is -3.49. The molecule has 2 fully saturated rings. The largest absolute Gasteiger partial charge is 0.338 e. The molecule has 1 aromatic heterocycles. The van der Waals surface area contributed by atoms with E-state index in [1.54, 1.807) is 22.4 Å². The van der Waals surface area contributed by atoms with Crippen molar-refractivity contribution in [2.24, 2.45) is 5.92 Å². The van der Waals surface area contributed by atoms with Crippen LogP contribution in [0.25, 0.3) is 0 Å². The van der Waals surface area contributed by atoms with E-state index in [-0.39, 0.29) is 18.0 Å². The van der Waals surface area contributed by atoms with Gasteiger partial charge in [0.15, 0.2) is 0 Å². The third kappa shape index (κ3) is 6.14. The molecule has 164 valence electrons. The summed E-state index contributed by atoms with van der Waals surface area (Å²) in [6.45, 7) is 2.51. The smallest absolute Gasteiger partial charge is 0.317 e. The summed E-state index contributed by atoms with van der Waals surface area (Å²) in [6, 6.07) is 2.97. The molecule has 12 heteroatoms. The number of thiophene rings is 1. The summed E-state index contributed by atoms with van der Waals surface area (Å²) in [4.78, 5) is 14.1. The van der Waals surface area contributed by atoms with Crippen LogP contribution in [-0.2, 0) is 20.0 Å². The van der Waals surface area contributed by atoms with Crippen molar-refractivity contribution in [3.8, 4) is 0 Å². The lowest BCUT2D eigenvalue weighted by atomic mass is 9.98. The van der Waals surface area contributed by atoms with Crippen LogP contribution < -0.4 is 10.0 Å². The third-order valence-electron chi connectivity index (χ3n) is 5.45. The first kappa shape index (κ1) is 22.5. The Morgan fingerprint density at radius 2 is 1.76 bits per heavy atom. The monoisotopic (exact) mass is 464 g/mol. The summed E-state index contributed by atoms with van der Waals surface area (Å²) < 4.78 is 52.2. The van der Waals surface area contributed by atoms with E-state index in [0.29, 0.717) is 49.8 Å². The number of rotatable bonds is 6. The average Bonchev–Trinajstić information content (AvgIpc) is 3.22. The van der Waals surface area contributed by atoms with Crippen LogP contribution in [0.5, 0.6) is 0 Å². The number of nitrogens with zero attached hydrogens (tertiary/aromatic N) is 2. The van der Waals surface area contributed by atoms with Gasteiger partial charge in [-0.25, -0.2) is 30.7 Å². The fourth-order valence-electron chi connectivity index (χ4n) is 3.68. The van der Waals surface area contributed by atoms with E-state index < -0.39 is 20.0 Å². The van der Waals surface area contributed by atoms with Crippen LogP contribution in [0.1, 0.15) is 25.7 Å². The maximum atomic E-state index is 12.4. The Kier molecular flexibility index (Phi) is 7.20. The first-order chi connectivity index (χ1) is 13.6. The highest BCUT2D eigenvalue weighted by atomic mass is 32.2. The summed E-state index contributed by atoms with van der Waals surface area (Å²) in [5, 5.41) is 4.67. The number of carbonyl (C=O) groups excluding carboxylic acids is 1. The van der Waals surface area contributed by atoms with Gasteiger partial charge in [0.1, 0.15) is 4.21 Å². The van der Waals surface area contributed by atoms with E-state index in [1.807, 2.05) is 0 Å². The highest BCUT2D eigenvalue weighted by molar-refractivity contribution is 7.91. The molecule has 3 rings (SSSR count). The maximum absolute atomic E-state index is 12.4. The Labute approximate surface area is 176 Å². The van der Waals surface area contributed by atoms with Gasteiger partial charge in [-0.1, -0.05) is 6.07 Å². The first-order valence-electron chi connectivity index (χ1n) is 9.69. The van der Waals surface area contributed by atoms with Gasteiger partial charge in [0.25, 0.3) is 0 Å². The minimum absolute atomic E-state index is 0.143. The molecule has 1 aromatic rings. The van der Waals surface area contributed by atoms with Gasteiger partial charge in [-0.2, -0.15) is 0 Å². The van der Waals surface area contributed by atoms with Gasteiger partial charge in [-0.05, 0) is 43.0 Å². The molecule has 0 spiro atoms. The fraction of sp³-hybridized carbons (Fsp3) is 0.706. The van der Waals surface area contributed by atoms with Crippen LogP contribution in [0.4, 0.5) is 4.79 Å². The van der Waals surface area contributed by atoms with Crippen LogP contribution in [0.3, 0.4) is 0 Å². The van der Waals surface area contributed by atoms with Crippen LogP contribution >= 0.6 is 11.3 Å². The normalized spacial score (nSPS) is 20.7. The second-order valence-corrected chi connectivity index (χ2v) is 12.5. The zero-order chi connectivity index (χ0) is 21.1. The lowest BCUT2D eigenvalue weighted by molar-refractivity contribution is 0.175. The highest BCUT2D eigenvalue weighted by Crippen LogP contribution is 2.20. The molecule has 0 bridgehead atoms. The molecule has 3 heterocycles. The quantitative estimate of drug-likeness (QED) is 0.648. The SMILES string of the molecule is CS(=O)(=O)N1CCC(CNC(=O)N2CCC(NS(=O)(=O)c3cccs3)CC2)CC1. The van der Waals surface area contributed by atoms with Crippen LogP contribution in [0, 0.1) is 5.92 Å². The summed E-state index contributed by atoms with van der Waals surface area (Å²) in [7, 11) is -6.63. The van der Waals surface area contributed by atoms with Crippen LogP contribution in [-0.4, -0.2) is 77.1 Å². The predicted molar refractivity (Wildman–Crippen MR) is 112 cm³/mol. The van der Waals surface area contributed by atoms with Crippen molar-refractivity contribution >= 4 is 37.4 Å². The first-order valence-corrected chi connectivity index (χ1v) is 13.9. The Balaban J connectivity index is 1.38. The summed E-state index contributed by atoms with van der Waals surface area (Å²) in [5.74, 6) is 0.270.